The highest BCUT2D eigenvalue weighted by Crippen LogP contribution is 2.28. The fourth-order valence-electron chi connectivity index (χ4n) is 2.75. The molecule has 0 bridgehead atoms. The van der Waals surface area contributed by atoms with Gasteiger partial charge in [-0.2, -0.15) is 19.6 Å². The van der Waals surface area contributed by atoms with Crippen LogP contribution in [0.5, 0.6) is 0 Å². The van der Waals surface area contributed by atoms with Crippen LogP contribution in [0.2, 0.25) is 5.15 Å². The zero-order chi connectivity index (χ0) is 12.8. The third-order valence-corrected chi connectivity index (χ3v) is 4.10. The van der Waals surface area contributed by atoms with E-state index in [4.69, 9.17) is 11.6 Å². The van der Waals surface area contributed by atoms with Crippen LogP contribution in [-0.4, -0.2) is 56.7 Å². The summed E-state index contributed by atoms with van der Waals surface area (Å²) in [5.41, 5.74) is 0. The van der Waals surface area contributed by atoms with Gasteiger partial charge in [0.25, 0.3) is 5.78 Å². The molecule has 0 aromatic carbocycles. The molecule has 4 rings (SSSR count). The van der Waals surface area contributed by atoms with Crippen molar-refractivity contribution in [1.29, 1.82) is 0 Å². The monoisotopic (exact) mass is 278 g/mol. The Bertz CT molecular complexity index is 599. The van der Waals surface area contributed by atoms with Gasteiger partial charge in [0, 0.05) is 38.3 Å². The smallest absolute Gasteiger partial charge is 0.255 e. The molecule has 0 N–H and O–H groups in total. The van der Waals surface area contributed by atoms with Gasteiger partial charge in [0.2, 0.25) is 0 Å². The minimum atomic E-state index is 0.472. The summed E-state index contributed by atoms with van der Waals surface area (Å²) < 4.78 is 1.76. The van der Waals surface area contributed by atoms with Crippen molar-refractivity contribution in [3.05, 3.63) is 17.5 Å². The fourth-order valence-corrected chi connectivity index (χ4v) is 2.92. The first-order chi connectivity index (χ1) is 9.31. The summed E-state index contributed by atoms with van der Waals surface area (Å²) in [6.45, 7) is 4.24. The Labute approximate surface area is 116 Å². The van der Waals surface area contributed by atoms with E-state index in [2.05, 4.69) is 24.9 Å². The highest BCUT2D eigenvalue weighted by molar-refractivity contribution is 6.29. The summed E-state index contributed by atoms with van der Waals surface area (Å²) in [6, 6.07) is 2.71. The molecule has 7 heteroatoms. The summed E-state index contributed by atoms with van der Waals surface area (Å²) in [4.78, 5) is 13.2. The van der Waals surface area contributed by atoms with Gasteiger partial charge in [0.05, 0.1) is 0 Å². The summed E-state index contributed by atoms with van der Waals surface area (Å²) in [5.74, 6) is 1.55. The van der Waals surface area contributed by atoms with Crippen molar-refractivity contribution in [2.75, 3.05) is 31.1 Å². The first-order valence-electron chi connectivity index (χ1n) is 6.66. The number of piperazine rings is 1. The molecule has 0 spiro atoms. The number of aromatic nitrogens is 4. The Kier molecular flexibility index (Phi) is 2.60. The lowest BCUT2D eigenvalue weighted by molar-refractivity contribution is 0.247. The predicted octanol–water partition coefficient (Wildman–Crippen LogP) is 1.06. The van der Waals surface area contributed by atoms with Crippen LogP contribution in [0.4, 0.5) is 5.82 Å². The van der Waals surface area contributed by atoms with Crippen LogP contribution in [0, 0.1) is 0 Å². The van der Waals surface area contributed by atoms with E-state index in [1.54, 1.807) is 4.52 Å². The van der Waals surface area contributed by atoms with E-state index in [0.29, 0.717) is 10.9 Å². The topological polar surface area (TPSA) is 49.6 Å². The van der Waals surface area contributed by atoms with E-state index < -0.39 is 0 Å². The third-order valence-electron chi connectivity index (χ3n) is 3.90. The second-order valence-corrected chi connectivity index (χ2v) is 5.55. The molecular weight excluding hydrogens is 264 g/mol. The van der Waals surface area contributed by atoms with Gasteiger partial charge < -0.3 is 4.90 Å². The average molecular weight is 279 g/mol. The highest BCUT2D eigenvalue weighted by Gasteiger charge is 2.31. The maximum Gasteiger partial charge on any atom is 0.255 e. The number of hydrogen-bond donors (Lipinski definition) is 0. The van der Waals surface area contributed by atoms with Crippen LogP contribution < -0.4 is 4.90 Å². The molecule has 0 atom stereocenters. The summed E-state index contributed by atoms with van der Waals surface area (Å²) in [7, 11) is 0. The third kappa shape index (κ3) is 2.04. The largest absolute Gasteiger partial charge is 0.354 e. The van der Waals surface area contributed by atoms with Crippen molar-refractivity contribution in [2.24, 2.45) is 0 Å². The van der Waals surface area contributed by atoms with Gasteiger partial charge in [-0.1, -0.05) is 11.6 Å². The molecule has 1 aliphatic carbocycles. The fraction of sp³-hybridized carbons (Fsp3) is 0.583. The molecule has 0 radical (unpaired) electrons. The summed E-state index contributed by atoms with van der Waals surface area (Å²) in [6.07, 6.45) is 4.26. The number of hydrogen-bond acceptors (Lipinski definition) is 5. The van der Waals surface area contributed by atoms with Crippen molar-refractivity contribution in [2.45, 2.75) is 18.9 Å². The summed E-state index contributed by atoms with van der Waals surface area (Å²) >= 11 is 6.06. The van der Waals surface area contributed by atoms with Gasteiger partial charge in [0.1, 0.15) is 17.3 Å². The molecule has 6 nitrogen and oxygen atoms in total. The number of halogens is 1. The standard InChI is InChI=1S/C12H15ClN6/c13-10-7-11(19-12(16-10)14-8-15-19)18-5-3-17(4-6-18)9-1-2-9/h7-9H,1-6H2. The van der Waals surface area contributed by atoms with Crippen LogP contribution >= 0.6 is 11.6 Å². The van der Waals surface area contributed by atoms with Gasteiger partial charge in [-0.05, 0) is 12.8 Å². The van der Waals surface area contributed by atoms with Gasteiger partial charge in [-0.25, -0.2) is 0 Å². The van der Waals surface area contributed by atoms with E-state index in [0.717, 1.165) is 38.0 Å². The van der Waals surface area contributed by atoms with Gasteiger partial charge in [-0.3, -0.25) is 4.90 Å². The quantitative estimate of drug-likeness (QED) is 0.769. The second-order valence-electron chi connectivity index (χ2n) is 5.16. The summed E-state index contributed by atoms with van der Waals surface area (Å²) in [5, 5.41) is 4.70. The first-order valence-corrected chi connectivity index (χ1v) is 7.04. The van der Waals surface area contributed by atoms with Crippen molar-refractivity contribution < 1.29 is 0 Å². The van der Waals surface area contributed by atoms with Crippen molar-refractivity contribution >= 4 is 23.2 Å². The molecule has 2 fully saturated rings. The Balaban J connectivity index is 1.61. The van der Waals surface area contributed by atoms with Crippen LogP contribution in [-0.2, 0) is 0 Å². The highest BCUT2D eigenvalue weighted by atomic mass is 35.5. The maximum absolute atomic E-state index is 6.06. The molecule has 100 valence electrons. The molecule has 1 saturated carbocycles. The van der Waals surface area contributed by atoms with Gasteiger partial charge in [-0.15, -0.1) is 0 Å². The number of nitrogens with zero attached hydrogens (tertiary/aromatic N) is 6. The lowest BCUT2D eigenvalue weighted by Crippen LogP contribution is -2.47. The maximum atomic E-state index is 6.06. The van der Waals surface area contributed by atoms with Crippen LogP contribution in [0.3, 0.4) is 0 Å². The van der Waals surface area contributed by atoms with E-state index in [9.17, 15) is 0 Å². The Morgan fingerprint density at radius 3 is 2.68 bits per heavy atom. The van der Waals surface area contributed by atoms with E-state index in [-0.39, 0.29) is 0 Å². The molecule has 1 saturated heterocycles. The molecule has 2 aromatic heterocycles. The molecule has 0 amide bonds. The SMILES string of the molecule is Clc1cc(N2CCN(C3CC3)CC2)n2ncnc2n1. The second kappa shape index (κ2) is 4.31. The Morgan fingerprint density at radius 2 is 1.95 bits per heavy atom. The van der Waals surface area contributed by atoms with Crippen molar-refractivity contribution in [1.82, 2.24) is 24.5 Å². The molecule has 0 unspecified atom stereocenters. The molecule has 2 aliphatic rings. The molecule has 3 heterocycles. The van der Waals surface area contributed by atoms with Gasteiger partial charge >= 0.3 is 0 Å². The lowest BCUT2D eigenvalue weighted by Gasteiger charge is -2.35. The van der Waals surface area contributed by atoms with Crippen molar-refractivity contribution in [3.8, 4) is 0 Å². The molecule has 19 heavy (non-hydrogen) atoms. The van der Waals surface area contributed by atoms with Crippen LogP contribution in [0.25, 0.3) is 5.78 Å². The predicted molar refractivity (Wildman–Crippen MR) is 72.6 cm³/mol. The number of rotatable bonds is 2. The van der Waals surface area contributed by atoms with Gasteiger partial charge in [0.15, 0.2) is 0 Å². The zero-order valence-corrected chi connectivity index (χ0v) is 11.3. The minimum absolute atomic E-state index is 0.472. The van der Waals surface area contributed by atoms with Crippen LogP contribution in [0.1, 0.15) is 12.8 Å². The van der Waals surface area contributed by atoms with E-state index >= 15 is 0 Å². The average Bonchev–Trinajstić information content (AvgIpc) is 3.17. The number of fused-ring (bicyclic) bond motifs is 1. The van der Waals surface area contributed by atoms with Crippen LogP contribution in [0.15, 0.2) is 12.4 Å². The molecule has 1 aliphatic heterocycles. The van der Waals surface area contributed by atoms with E-state index in [1.807, 2.05) is 6.07 Å². The van der Waals surface area contributed by atoms with E-state index in [1.165, 1.54) is 19.2 Å². The number of anilines is 1. The minimum Gasteiger partial charge on any atom is -0.354 e. The Hall–Kier alpha value is -1.40. The Morgan fingerprint density at radius 1 is 1.16 bits per heavy atom. The zero-order valence-electron chi connectivity index (χ0n) is 10.5. The normalized spacial score (nSPS) is 21.2. The molecular formula is C12H15ClN6. The lowest BCUT2D eigenvalue weighted by atomic mass is 10.3. The molecule has 2 aromatic rings. The first kappa shape index (κ1) is 11.4. The van der Waals surface area contributed by atoms with Crippen molar-refractivity contribution in [3.63, 3.8) is 0 Å².